The lowest BCUT2D eigenvalue weighted by Crippen LogP contribution is -2.35. The molecule has 30 heavy (non-hydrogen) atoms. The summed E-state index contributed by atoms with van der Waals surface area (Å²) in [6, 6.07) is 15.0. The van der Waals surface area contributed by atoms with Gasteiger partial charge < -0.3 is 20.1 Å². The van der Waals surface area contributed by atoms with Gasteiger partial charge >= 0.3 is 0 Å². The summed E-state index contributed by atoms with van der Waals surface area (Å²) < 4.78 is 11.1. The Hall–Kier alpha value is -3.02. The summed E-state index contributed by atoms with van der Waals surface area (Å²) in [5, 5.41) is 5.78. The Bertz CT molecular complexity index is 829. The van der Waals surface area contributed by atoms with E-state index in [2.05, 4.69) is 10.6 Å². The Morgan fingerprint density at radius 2 is 1.63 bits per heavy atom. The summed E-state index contributed by atoms with van der Waals surface area (Å²) in [7, 11) is 1.61. The molecule has 0 aromatic heterocycles. The molecule has 0 unspecified atom stereocenters. The lowest BCUT2D eigenvalue weighted by atomic mass is 9.89. The van der Waals surface area contributed by atoms with E-state index in [-0.39, 0.29) is 24.2 Å². The van der Waals surface area contributed by atoms with E-state index in [0.29, 0.717) is 30.3 Å². The van der Waals surface area contributed by atoms with Crippen LogP contribution in [0.15, 0.2) is 48.5 Å². The van der Waals surface area contributed by atoms with Crippen molar-refractivity contribution in [3.63, 3.8) is 0 Å². The second-order valence-electron chi connectivity index (χ2n) is 7.55. The smallest absolute Gasteiger partial charge is 0.223 e. The maximum Gasteiger partial charge on any atom is 0.223 e. The fourth-order valence-corrected chi connectivity index (χ4v) is 3.60. The van der Waals surface area contributed by atoms with Gasteiger partial charge in [-0.05, 0) is 42.7 Å². The van der Waals surface area contributed by atoms with Gasteiger partial charge in [-0.25, -0.2) is 0 Å². The van der Waals surface area contributed by atoms with E-state index in [1.807, 2.05) is 48.5 Å². The van der Waals surface area contributed by atoms with Gasteiger partial charge in [0.25, 0.3) is 0 Å². The number of hydrogen-bond acceptors (Lipinski definition) is 4. The van der Waals surface area contributed by atoms with Crippen LogP contribution in [0.2, 0.25) is 0 Å². The highest BCUT2D eigenvalue weighted by Gasteiger charge is 2.20. The minimum absolute atomic E-state index is 0.0757. The average molecular weight is 411 g/mol. The van der Waals surface area contributed by atoms with E-state index in [1.54, 1.807) is 7.11 Å². The van der Waals surface area contributed by atoms with E-state index in [9.17, 15) is 9.59 Å². The molecule has 160 valence electrons. The monoisotopic (exact) mass is 410 g/mol. The lowest BCUT2D eigenvalue weighted by Gasteiger charge is -2.20. The molecule has 3 rings (SSSR count). The first-order valence-electron chi connectivity index (χ1n) is 10.6. The first-order chi connectivity index (χ1) is 14.7. The molecule has 1 aliphatic carbocycles. The van der Waals surface area contributed by atoms with Crippen molar-refractivity contribution in [1.82, 2.24) is 10.6 Å². The first kappa shape index (κ1) is 21.7. The van der Waals surface area contributed by atoms with Crippen molar-refractivity contribution >= 4 is 11.8 Å². The molecule has 1 fully saturated rings. The molecule has 2 amide bonds. The van der Waals surface area contributed by atoms with Crippen LogP contribution in [-0.4, -0.2) is 25.5 Å². The number of rotatable bonds is 9. The third-order valence-corrected chi connectivity index (χ3v) is 5.34. The average Bonchev–Trinajstić information content (AvgIpc) is 2.79. The molecule has 0 radical (unpaired) electrons. The molecule has 2 aromatic carbocycles. The molecule has 0 bridgehead atoms. The van der Waals surface area contributed by atoms with Crippen molar-refractivity contribution in [3.8, 4) is 17.2 Å². The number of ether oxygens (including phenoxy) is 2. The Labute approximate surface area is 178 Å². The molecule has 0 spiro atoms. The zero-order valence-corrected chi connectivity index (χ0v) is 17.5. The first-order valence-corrected chi connectivity index (χ1v) is 10.6. The van der Waals surface area contributed by atoms with Crippen LogP contribution in [0.1, 0.15) is 44.1 Å². The summed E-state index contributed by atoms with van der Waals surface area (Å²) in [5.74, 6) is 2.15. The van der Waals surface area contributed by atoms with E-state index < -0.39 is 0 Å². The van der Waals surface area contributed by atoms with Gasteiger partial charge in [0.2, 0.25) is 11.8 Å². The molecule has 0 saturated heterocycles. The normalized spacial score (nSPS) is 14.0. The van der Waals surface area contributed by atoms with Gasteiger partial charge in [0.15, 0.2) is 11.5 Å². The van der Waals surface area contributed by atoms with Gasteiger partial charge in [-0.3, -0.25) is 9.59 Å². The highest BCUT2D eigenvalue weighted by Crippen LogP contribution is 2.30. The highest BCUT2D eigenvalue weighted by molar-refractivity contribution is 5.80. The van der Waals surface area contributed by atoms with Gasteiger partial charge in [0.1, 0.15) is 5.75 Å². The van der Waals surface area contributed by atoms with Crippen molar-refractivity contribution in [1.29, 1.82) is 0 Å². The molecule has 1 saturated carbocycles. The number of amides is 2. The maximum atomic E-state index is 12.1. The van der Waals surface area contributed by atoms with Crippen LogP contribution in [0.5, 0.6) is 17.2 Å². The molecule has 2 N–H and O–H groups in total. The van der Waals surface area contributed by atoms with Gasteiger partial charge in [0, 0.05) is 25.4 Å². The molecule has 1 aliphatic rings. The van der Waals surface area contributed by atoms with Gasteiger partial charge in [0.05, 0.1) is 7.11 Å². The second kappa shape index (κ2) is 11.2. The standard InChI is InChI=1S/C24H30N2O4/c1-29-21-9-5-6-10-22(21)30-20-13-11-18(12-14-20)17-26-23(27)15-16-25-24(28)19-7-3-2-4-8-19/h5-6,9-14,19H,2-4,7-8,15-17H2,1H3,(H,25,28)(H,26,27). The van der Waals surface area contributed by atoms with Crippen molar-refractivity contribution in [2.75, 3.05) is 13.7 Å². The lowest BCUT2D eigenvalue weighted by molar-refractivity contribution is -0.126. The molecule has 0 heterocycles. The van der Waals surface area contributed by atoms with Crippen LogP contribution in [0.3, 0.4) is 0 Å². The van der Waals surface area contributed by atoms with Crippen molar-refractivity contribution < 1.29 is 19.1 Å². The number of para-hydroxylation sites is 2. The van der Waals surface area contributed by atoms with Crippen LogP contribution in [-0.2, 0) is 16.1 Å². The minimum atomic E-state index is -0.0757. The maximum absolute atomic E-state index is 12.1. The molecule has 0 atom stereocenters. The van der Waals surface area contributed by atoms with Crippen LogP contribution in [0, 0.1) is 5.92 Å². The Balaban J connectivity index is 1.38. The van der Waals surface area contributed by atoms with E-state index in [0.717, 1.165) is 31.2 Å². The highest BCUT2D eigenvalue weighted by atomic mass is 16.5. The molecule has 6 heteroatoms. The summed E-state index contributed by atoms with van der Waals surface area (Å²) >= 11 is 0. The fraction of sp³-hybridized carbons (Fsp3) is 0.417. The number of methoxy groups -OCH3 is 1. The van der Waals surface area contributed by atoms with Crippen molar-refractivity contribution in [2.45, 2.75) is 45.1 Å². The number of carbonyl (C=O) groups excluding carboxylic acids is 2. The van der Waals surface area contributed by atoms with E-state index >= 15 is 0 Å². The minimum Gasteiger partial charge on any atom is -0.493 e. The van der Waals surface area contributed by atoms with Crippen LogP contribution >= 0.6 is 0 Å². The predicted octanol–water partition coefficient (Wildman–Crippen LogP) is 4.19. The third-order valence-electron chi connectivity index (χ3n) is 5.34. The molecular formula is C24H30N2O4. The topological polar surface area (TPSA) is 76.7 Å². The number of nitrogens with one attached hydrogen (secondary N) is 2. The largest absolute Gasteiger partial charge is 0.493 e. The number of carbonyl (C=O) groups is 2. The van der Waals surface area contributed by atoms with Crippen LogP contribution < -0.4 is 20.1 Å². The summed E-state index contributed by atoms with van der Waals surface area (Å²) in [5.41, 5.74) is 0.974. The predicted molar refractivity (Wildman–Crippen MR) is 116 cm³/mol. The number of hydrogen-bond donors (Lipinski definition) is 2. The molecular weight excluding hydrogens is 380 g/mol. The molecule has 6 nitrogen and oxygen atoms in total. The molecule has 0 aliphatic heterocycles. The summed E-state index contributed by atoms with van der Waals surface area (Å²) in [6.45, 7) is 0.817. The Morgan fingerprint density at radius 3 is 2.33 bits per heavy atom. The van der Waals surface area contributed by atoms with Gasteiger partial charge in [-0.2, -0.15) is 0 Å². The third kappa shape index (κ3) is 6.51. The van der Waals surface area contributed by atoms with Crippen LogP contribution in [0.4, 0.5) is 0 Å². The van der Waals surface area contributed by atoms with Gasteiger partial charge in [-0.1, -0.05) is 43.5 Å². The molecule has 2 aromatic rings. The number of benzene rings is 2. The van der Waals surface area contributed by atoms with Crippen molar-refractivity contribution in [3.05, 3.63) is 54.1 Å². The van der Waals surface area contributed by atoms with Crippen molar-refractivity contribution in [2.24, 2.45) is 5.92 Å². The summed E-state index contributed by atoms with van der Waals surface area (Å²) in [4.78, 5) is 24.2. The quantitative estimate of drug-likeness (QED) is 0.650. The fourth-order valence-electron chi connectivity index (χ4n) is 3.60. The zero-order valence-electron chi connectivity index (χ0n) is 17.5. The Kier molecular flexibility index (Phi) is 8.12. The SMILES string of the molecule is COc1ccccc1Oc1ccc(CNC(=O)CCNC(=O)C2CCCCC2)cc1. The van der Waals surface area contributed by atoms with Crippen LogP contribution in [0.25, 0.3) is 0 Å². The van der Waals surface area contributed by atoms with E-state index in [4.69, 9.17) is 9.47 Å². The summed E-state index contributed by atoms with van der Waals surface area (Å²) in [6.07, 6.45) is 5.69. The van der Waals surface area contributed by atoms with E-state index in [1.165, 1.54) is 6.42 Å². The zero-order chi connectivity index (χ0) is 21.2. The second-order valence-corrected chi connectivity index (χ2v) is 7.55. The Morgan fingerprint density at radius 1 is 0.933 bits per heavy atom. The van der Waals surface area contributed by atoms with Gasteiger partial charge in [-0.15, -0.1) is 0 Å².